The number of benzene rings is 1. The molecule has 1 aromatic carbocycles. The Morgan fingerprint density at radius 2 is 1.83 bits per heavy atom. The van der Waals surface area contributed by atoms with E-state index in [1.54, 1.807) is 14.2 Å². The highest BCUT2D eigenvalue weighted by Gasteiger charge is 2.02. The maximum Gasteiger partial charge on any atom is 0.161 e. The number of ether oxygens (including phenoxy) is 2. The van der Waals surface area contributed by atoms with E-state index in [0.29, 0.717) is 11.5 Å². The first kappa shape index (κ1) is 8.87. The fourth-order valence-corrected chi connectivity index (χ4v) is 0.956. The fraction of sp³-hybridized carbons (Fsp3) is 0.222. The zero-order valence-corrected chi connectivity index (χ0v) is 7.20. The topological polar surface area (TPSA) is 44.5 Å². The Bertz CT molecular complexity index is 261. The van der Waals surface area contributed by atoms with Crippen LogP contribution in [0.4, 0.5) is 0 Å². The lowest BCUT2D eigenvalue weighted by Crippen LogP contribution is -1.95. The van der Waals surface area contributed by atoms with Crippen LogP contribution in [0.15, 0.2) is 18.2 Å². The highest BCUT2D eigenvalue weighted by Crippen LogP contribution is 2.27. The molecule has 0 saturated carbocycles. The summed E-state index contributed by atoms with van der Waals surface area (Å²) >= 11 is 0. The van der Waals surface area contributed by atoms with Gasteiger partial charge in [0.2, 0.25) is 0 Å². The summed E-state index contributed by atoms with van der Waals surface area (Å²) in [7, 11) is 3.20. The van der Waals surface area contributed by atoms with Crippen LogP contribution in [0.3, 0.4) is 0 Å². The van der Waals surface area contributed by atoms with Gasteiger partial charge in [0.15, 0.2) is 11.5 Å². The molecule has 1 rings (SSSR count). The molecule has 0 saturated heterocycles. The highest BCUT2D eigenvalue weighted by molar-refractivity contribution is 5.44. The molecule has 0 unspecified atom stereocenters. The molecule has 0 fully saturated rings. The Labute approximate surface area is 72.1 Å². The lowest BCUT2D eigenvalue weighted by molar-refractivity contribution is 0.355. The standard InChI is InChI=1S/C9H12NO2/c1-11-8-4-3-7(6-10)5-9(8)12-2/h3-6H,10H2,1-2H3. The van der Waals surface area contributed by atoms with Crippen LogP contribution < -0.4 is 15.2 Å². The minimum absolute atomic E-state index is 0.691. The summed E-state index contributed by atoms with van der Waals surface area (Å²) in [6.07, 6.45) is 0. The van der Waals surface area contributed by atoms with Crippen LogP contribution in [-0.2, 0) is 0 Å². The summed E-state index contributed by atoms with van der Waals surface area (Å²) in [6, 6.07) is 5.50. The number of hydrogen-bond acceptors (Lipinski definition) is 3. The van der Waals surface area contributed by atoms with Crippen molar-refractivity contribution in [3.8, 4) is 11.5 Å². The molecule has 0 amide bonds. The molecule has 0 aliphatic heterocycles. The first-order valence-corrected chi connectivity index (χ1v) is 3.58. The van der Waals surface area contributed by atoms with Gasteiger partial charge in [-0.1, -0.05) is 6.07 Å². The van der Waals surface area contributed by atoms with Gasteiger partial charge in [-0.15, -0.1) is 0 Å². The van der Waals surface area contributed by atoms with E-state index in [0.717, 1.165) is 5.56 Å². The van der Waals surface area contributed by atoms with Crippen molar-refractivity contribution in [3.05, 3.63) is 30.3 Å². The SMILES string of the molecule is COc1ccc([CH]N)cc1OC. The normalized spacial score (nSPS) is 9.58. The van der Waals surface area contributed by atoms with Gasteiger partial charge in [-0.3, -0.25) is 0 Å². The summed E-state index contributed by atoms with van der Waals surface area (Å²) in [6.45, 7) is 1.52. The molecule has 2 N–H and O–H groups in total. The van der Waals surface area contributed by atoms with Gasteiger partial charge in [0.05, 0.1) is 14.2 Å². The smallest absolute Gasteiger partial charge is 0.161 e. The first-order chi connectivity index (χ1) is 5.81. The van der Waals surface area contributed by atoms with Crippen LogP contribution >= 0.6 is 0 Å². The first-order valence-electron chi connectivity index (χ1n) is 3.58. The maximum absolute atomic E-state index is 5.34. The quantitative estimate of drug-likeness (QED) is 0.733. The number of methoxy groups -OCH3 is 2. The Kier molecular flexibility index (Phi) is 2.94. The average Bonchev–Trinajstić information content (AvgIpc) is 2.16. The van der Waals surface area contributed by atoms with Crippen molar-refractivity contribution in [2.75, 3.05) is 14.2 Å². The van der Waals surface area contributed by atoms with Crippen LogP contribution in [0.1, 0.15) is 5.56 Å². The lowest BCUT2D eigenvalue weighted by Gasteiger charge is -2.07. The molecule has 0 aromatic heterocycles. The monoisotopic (exact) mass is 166 g/mol. The molecule has 0 aliphatic carbocycles. The highest BCUT2D eigenvalue weighted by atomic mass is 16.5. The van der Waals surface area contributed by atoms with Gasteiger partial charge < -0.3 is 15.2 Å². The number of rotatable bonds is 3. The largest absolute Gasteiger partial charge is 0.493 e. The molecule has 12 heavy (non-hydrogen) atoms. The van der Waals surface area contributed by atoms with Crippen LogP contribution in [-0.4, -0.2) is 14.2 Å². The molecule has 0 heterocycles. The zero-order valence-electron chi connectivity index (χ0n) is 7.20. The van der Waals surface area contributed by atoms with Crippen molar-refractivity contribution >= 4 is 0 Å². The molecular formula is C9H12NO2. The van der Waals surface area contributed by atoms with Crippen LogP contribution in [0.5, 0.6) is 11.5 Å². The van der Waals surface area contributed by atoms with Crippen LogP contribution in [0.25, 0.3) is 0 Å². The van der Waals surface area contributed by atoms with Gasteiger partial charge in [-0.25, -0.2) is 0 Å². The van der Waals surface area contributed by atoms with Crippen molar-refractivity contribution < 1.29 is 9.47 Å². The molecule has 1 aromatic rings. The van der Waals surface area contributed by atoms with Crippen molar-refractivity contribution in [3.63, 3.8) is 0 Å². The third kappa shape index (κ3) is 1.68. The number of nitrogens with two attached hydrogens (primary N) is 1. The molecule has 0 aliphatic rings. The molecule has 1 radical (unpaired) electrons. The van der Waals surface area contributed by atoms with E-state index in [1.807, 2.05) is 18.2 Å². The van der Waals surface area contributed by atoms with Crippen molar-refractivity contribution in [1.29, 1.82) is 0 Å². The molecule has 3 nitrogen and oxygen atoms in total. The van der Waals surface area contributed by atoms with E-state index in [1.165, 1.54) is 6.54 Å². The summed E-state index contributed by atoms with van der Waals surface area (Å²) in [5.41, 5.74) is 6.25. The summed E-state index contributed by atoms with van der Waals surface area (Å²) in [5.74, 6) is 1.40. The van der Waals surface area contributed by atoms with Gasteiger partial charge in [-0.2, -0.15) is 0 Å². The molecule has 0 spiro atoms. The predicted octanol–water partition coefficient (Wildman–Crippen LogP) is 1.17. The third-order valence-electron chi connectivity index (χ3n) is 1.60. The molecule has 65 valence electrons. The lowest BCUT2D eigenvalue weighted by atomic mass is 10.2. The minimum atomic E-state index is 0.691. The third-order valence-corrected chi connectivity index (χ3v) is 1.60. The number of hydrogen-bond donors (Lipinski definition) is 1. The Morgan fingerprint density at radius 3 is 2.33 bits per heavy atom. The van der Waals surface area contributed by atoms with Gasteiger partial charge >= 0.3 is 0 Å². The van der Waals surface area contributed by atoms with E-state index in [4.69, 9.17) is 15.2 Å². The van der Waals surface area contributed by atoms with Crippen molar-refractivity contribution in [2.45, 2.75) is 0 Å². The van der Waals surface area contributed by atoms with Crippen molar-refractivity contribution in [1.82, 2.24) is 0 Å². The average molecular weight is 166 g/mol. The van der Waals surface area contributed by atoms with Crippen molar-refractivity contribution in [2.24, 2.45) is 5.73 Å². The van der Waals surface area contributed by atoms with E-state index < -0.39 is 0 Å². The molecule has 0 atom stereocenters. The second-order valence-electron chi connectivity index (χ2n) is 2.28. The summed E-state index contributed by atoms with van der Waals surface area (Å²) < 4.78 is 10.1. The molecular weight excluding hydrogens is 154 g/mol. The van der Waals surface area contributed by atoms with E-state index >= 15 is 0 Å². The second-order valence-corrected chi connectivity index (χ2v) is 2.28. The fourth-order valence-electron chi connectivity index (χ4n) is 0.956. The van der Waals surface area contributed by atoms with Gasteiger partial charge in [0, 0.05) is 6.54 Å². The zero-order chi connectivity index (χ0) is 8.97. The van der Waals surface area contributed by atoms with Gasteiger partial charge in [0.25, 0.3) is 0 Å². The molecule has 3 heteroatoms. The minimum Gasteiger partial charge on any atom is -0.493 e. The van der Waals surface area contributed by atoms with Crippen LogP contribution in [0, 0.1) is 6.54 Å². The maximum atomic E-state index is 5.34. The van der Waals surface area contributed by atoms with E-state index in [2.05, 4.69) is 0 Å². The summed E-state index contributed by atoms with van der Waals surface area (Å²) in [4.78, 5) is 0. The Morgan fingerprint density at radius 1 is 1.17 bits per heavy atom. The van der Waals surface area contributed by atoms with E-state index in [9.17, 15) is 0 Å². The predicted molar refractivity (Wildman–Crippen MR) is 47.1 cm³/mol. The summed E-state index contributed by atoms with van der Waals surface area (Å²) in [5, 5.41) is 0. The van der Waals surface area contributed by atoms with E-state index in [-0.39, 0.29) is 0 Å². The Balaban J connectivity index is 3.02. The van der Waals surface area contributed by atoms with Crippen LogP contribution in [0.2, 0.25) is 0 Å². The molecule has 0 bridgehead atoms. The van der Waals surface area contributed by atoms with Gasteiger partial charge in [0.1, 0.15) is 0 Å². The Hall–Kier alpha value is -1.22. The van der Waals surface area contributed by atoms with Gasteiger partial charge in [-0.05, 0) is 17.7 Å². The second kappa shape index (κ2) is 3.97.